The van der Waals surface area contributed by atoms with E-state index >= 15 is 0 Å². The molecule has 0 saturated heterocycles. The summed E-state index contributed by atoms with van der Waals surface area (Å²) in [5.41, 5.74) is 11.2. The smallest absolute Gasteiger partial charge is 0.104 e. The normalized spacial score (nSPS) is 13.2. The molecule has 0 heterocycles. The Bertz CT molecular complexity index is 157. The van der Waals surface area contributed by atoms with Gasteiger partial charge in [-0.05, 0) is 38.0 Å². The Kier molecular flexibility index (Phi) is 7.45. The zero-order valence-corrected chi connectivity index (χ0v) is 13.6. The Morgan fingerprint density at radius 3 is 1.40 bits per heavy atom. The minimum Gasteiger partial charge on any atom is -0.330 e. The van der Waals surface area contributed by atoms with Gasteiger partial charge in [0, 0.05) is 0 Å². The Morgan fingerprint density at radius 2 is 1.13 bits per heavy atom. The molecule has 5 heteroatoms. The number of nitrogens with two attached hydrogens (primary N) is 2. The van der Waals surface area contributed by atoms with Gasteiger partial charge in [-0.3, -0.25) is 0 Å². The summed E-state index contributed by atoms with van der Waals surface area (Å²) in [4.78, 5) is 0. The van der Waals surface area contributed by atoms with Gasteiger partial charge >= 0.3 is 0 Å². The average molecular weight is 265 g/mol. The summed E-state index contributed by atoms with van der Waals surface area (Å²) in [5, 5.41) is 0. The van der Waals surface area contributed by atoms with Crippen molar-refractivity contribution in [3.05, 3.63) is 0 Å². The second-order valence-electron chi connectivity index (χ2n) is 5.41. The van der Waals surface area contributed by atoms with Crippen LogP contribution < -0.4 is 11.5 Å². The predicted octanol–water partition coefficient (Wildman–Crippen LogP) is 2.83. The highest BCUT2D eigenvalue weighted by Crippen LogP contribution is 2.36. The lowest BCUT2D eigenvalue weighted by Crippen LogP contribution is -2.34. The molecule has 0 aliphatic carbocycles. The van der Waals surface area contributed by atoms with Crippen molar-refractivity contribution < 1.29 is 0 Å². The van der Waals surface area contributed by atoms with E-state index in [0.717, 1.165) is 13.1 Å². The molecular weight excluding hydrogens is 236 g/mol. The van der Waals surface area contributed by atoms with Crippen LogP contribution in [0.3, 0.4) is 0 Å². The van der Waals surface area contributed by atoms with Gasteiger partial charge in [-0.1, -0.05) is 26.2 Å². The van der Waals surface area contributed by atoms with E-state index in [0.29, 0.717) is 0 Å². The van der Waals surface area contributed by atoms with Gasteiger partial charge in [-0.2, -0.15) is 0 Å². The fraction of sp³-hybridized carbons (Fsp3) is 1.00. The molecule has 0 saturated carbocycles. The zero-order chi connectivity index (χ0) is 11.9. The van der Waals surface area contributed by atoms with Gasteiger partial charge in [0.15, 0.2) is 0 Å². The third-order valence-corrected chi connectivity index (χ3v) is 21.2. The Morgan fingerprint density at radius 1 is 0.800 bits per heavy atom. The summed E-state index contributed by atoms with van der Waals surface area (Å²) in [6.45, 7) is 11.7. The molecule has 0 aromatic rings. The molecular formula is C10H28N2SSi2. The molecule has 0 aromatic carbocycles. The largest absolute Gasteiger partial charge is 0.330 e. The summed E-state index contributed by atoms with van der Waals surface area (Å²) in [5.74, 6) is 0. The van der Waals surface area contributed by atoms with E-state index < -0.39 is 14.4 Å². The molecule has 92 valence electrons. The van der Waals surface area contributed by atoms with Gasteiger partial charge < -0.3 is 11.5 Å². The highest BCUT2D eigenvalue weighted by Gasteiger charge is 2.31. The number of hydrogen-bond donors (Lipinski definition) is 2. The molecule has 0 atom stereocenters. The van der Waals surface area contributed by atoms with Crippen molar-refractivity contribution in [3.8, 4) is 0 Å². The van der Waals surface area contributed by atoms with Crippen molar-refractivity contribution >= 4 is 25.1 Å². The fourth-order valence-corrected chi connectivity index (χ4v) is 27.0. The first-order valence-electron chi connectivity index (χ1n) is 5.93. The van der Waals surface area contributed by atoms with Gasteiger partial charge in [0.2, 0.25) is 0 Å². The summed E-state index contributed by atoms with van der Waals surface area (Å²) in [7, 11) is 0.246. The van der Waals surface area contributed by atoms with E-state index in [-0.39, 0.29) is 0 Å². The van der Waals surface area contributed by atoms with Crippen LogP contribution in [0.5, 0.6) is 0 Å². The first-order valence-corrected chi connectivity index (χ1v) is 14.6. The average Bonchev–Trinajstić information content (AvgIpc) is 2.10. The van der Waals surface area contributed by atoms with Crippen molar-refractivity contribution in [2.24, 2.45) is 11.5 Å². The first kappa shape index (κ1) is 15.7. The number of rotatable bonds is 8. The van der Waals surface area contributed by atoms with E-state index in [4.69, 9.17) is 11.5 Å². The molecule has 0 aliphatic rings. The van der Waals surface area contributed by atoms with Crippen molar-refractivity contribution in [2.45, 2.75) is 51.1 Å². The quantitative estimate of drug-likeness (QED) is 0.663. The topological polar surface area (TPSA) is 52.0 Å². The highest BCUT2D eigenvalue weighted by molar-refractivity contribution is 8.49. The Labute approximate surface area is 101 Å². The van der Waals surface area contributed by atoms with E-state index in [1.807, 2.05) is 0 Å². The third kappa shape index (κ3) is 8.50. The van der Waals surface area contributed by atoms with Crippen LogP contribution >= 0.6 is 10.7 Å². The van der Waals surface area contributed by atoms with Crippen LogP contribution in [0.4, 0.5) is 0 Å². The molecule has 0 unspecified atom stereocenters. The third-order valence-electron chi connectivity index (χ3n) is 2.52. The van der Waals surface area contributed by atoms with E-state index in [1.54, 1.807) is 0 Å². The molecule has 0 amide bonds. The molecule has 0 radical (unpaired) electrons. The summed E-state index contributed by atoms with van der Waals surface area (Å²) < 4.78 is 0. The monoisotopic (exact) mass is 264 g/mol. The second kappa shape index (κ2) is 7.11. The fourth-order valence-electron chi connectivity index (χ4n) is 1.91. The van der Waals surface area contributed by atoms with Crippen molar-refractivity contribution in [3.63, 3.8) is 0 Å². The van der Waals surface area contributed by atoms with Gasteiger partial charge in [0.25, 0.3) is 0 Å². The molecule has 0 aromatic heterocycles. The van der Waals surface area contributed by atoms with Crippen LogP contribution in [0.1, 0.15) is 12.8 Å². The SMILES string of the molecule is C[Si](C)(CCCN)S[Si](C)(C)CCCN. The summed E-state index contributed by atoms with van der Waals surface area (Å²) in [6.07, 6.45) is 2.40. The van der Waals surface area contributed by atoms with Crippen LogP contribution in [0.2, 0.25) is 38.3 Å². The van der Waals surface area contributed by atoms with Gasteiger partial charge in [0.1, 0.15) is 14.4 Å². The molecule has 0 aliphatic heterocycles. The molecule has 0 rings (SSSR count). The minimum absolute atomic E-state index is 0.849. The van der Waals surface area contributed by atoms with Gasteiger partial charge in [-0.25, -0.2) is 10.7 Å². The van der Waals surface area contributed by atoms with Crippen molar-refractivity contribution in [1.29, 1.82) is 0 Å². The Hall–Kier alpha value is 0.704. The van der Waals surface area contributed by atoms with Crippen LogP contribution in [0.25, 0.3) is 0 Å². The van der Waals surface area contributed by atoms with Crippen LogP contribution in [0, 0.1) is 0 Å². The van der Waals surface area contributed by atoms with E-state index in [2.05, 4.69) is 36.8 Å². The summed E-state index contributed by atoms with van der Waals surface area (Å²) in [6, 6.07) is 2.74. The standard InChI is InChI=1S/C10H28N2SSi2/c1-14(2,9-5-7-11)13-15(3,4)10-6-8-12/h5-12H2,1-4H3. The molecule has 0 fully saturated rings. The molecule has 2 nitrogen and oxygen atoms in total. The Balaban J connectivity index is 4.04. The van der Waals surface area contributed by atoms with Gasteiger partial charge in [0.05, 0.1) is 0 Å². The maximum atomic E-state index is 5.59. The maximum absolute atomic E-state index is 5.59. The highest BCUT2D eigenvalue weighted by atomic mass is 32.5. The van der Waals surface area contributed by atoms with Crippen LogP contribution in [0.15, 0.2) is 0 Å². The van der Waals surface area contributed by atoms with E-state index in [9.17, 15) is 0 Å². The molecule has 4 N–H and O–H groups in total. The van der Waals surface area contributed by atoms with Crippen LogP contribution in [-0.2, 0) is 0 Å². The lowest BCUT2D eigenvalue weighted by molar-refractivity contribution is 0.916. The lowest BCUT2D eigenvalue weighted by atomic mass is 10.5. The minimum atomic E-state index is -1.05. The second-order valence-corrected chi connectivity index (χ2v) is 22.7. The predicted molar refractivity (Wildman–Crippen MR) is 79.5 cm³/mol. The maximum Gasteiger partial charge on any atom is 0.104 e. The van der Waals surface area contributed by atoms with Crippen LogP contribution in [-0.4, -0.2) is 27.5 Å². The zero-order valence-electron chi connectivity index (χ0n) is 10.8. The first-order chi connectivity index (χ1) is 6.83. The van der Waals surface area contributed by atoms with Gasteiger partial charge in [-0.15, -0.1) is 0 Å². The van der Waals surface area contributed by atoms with Crippen molar-refractivity contribution in [2.75, 3.05) is 13.1 Å². The molecule has 0 spiro atoms. The molecule has 15 heavy (non-hydrogen) atoms. The van der Waals surface area contributed by atoms with Crippen molar-refractivity contribution in [1.82, 2.24) is 0 Å². The van der Waals surface area contributed by atoms with E-state index in [1.165, 1.54) is 24.9 Å². The summed E-state index contributed by atoms with van der Waals surface area (Å²) >= 11 is 0. The molecule has 0 bridgehead atoms. The number of hydrogen-bond acceptors (Lipinski definition) is 3. The lowest BCUT2D eigenvalue weighted by Gasteiger charge is -2.32.